The van der Waals surface area contributed by atoms with Crippen molar-refractivity contribution in [1.29, 1.82) is 0 Å². The monoisotopic (exact) mass is 635 g/mol. The van der Waals surface area contributed by atoms with E-state index < -0.39 is 17.9 Å². The number of benzene rings is 3. The Balaban J connectivity index is 1.20. The molecule has 0 aliphatic carbocycles. The lowest BCUT2D eigenvalue weighted by molar-refractivity contribution is -0.134. The number of aromatic hydroxyl groups is 1. The van der Waals surface area contributed by atoms with Gasteiger partial charge >= 0.3 is 5.97 Å². The van der Waals surface area contributed by atoms with Gasteiger partial charge in [0.15, 0.2) is 0 Å². The first-order valence-electron chi connectivity index (χ1n) is 14.9. The number of nitrogens with zero attached hydrogens (tertiary/aromatic N) is 3. The molecule has 234 valence electrons. The highest BCUT2D eigenvalue weighted by atomic mass is 32.2. The Morgan fingerprint density at radius 2 is 1.54 bits per heavy atom. The number of amides is 2. The maximum absolute atomic E-state index is 14.0. The largest absolute Gasteiger partial charge is 0.508 e. The number of thioether (sulfide) groups is 1. The highest BCUT2D eigenvalue weighted by molar-refractivity contribution is 7.99. The van der Waals surface area contributed by atoms with Crippen molar-refractivity contribution < 1.29 is 24.6 Å². The van der Waals surface area contributed by atoms with Gasteiger partial charge in [0.2, 0.25) is 5.91 Å². The van der Waals surface area contributed by atoms with Crippen LogP contribution < -0.4 is 5.32 Å². The number of carbonyl (C=O) groups is 3. The zero-order valence-electron chi connectivity index (χ0n) is 24.9. The summed E-state index contributed by atoms with van der Waals surface area (Å²) in [6.07, 6.45) is 1.50. The molecule has 1 fully saturated rings. The summed E-state index contributed by atoms with van der Waals surface area (Å²) >= 11 is 1.11. The Labute approximate surface area is 270 Å². The normalized spacial score (nSPS) is 14.3. The van der Waals surface area contributed by atoms with Gasteiger partial charge in [0, 0.05) is 49.0 Å². The minimum atomic E-state index is -1.12. The van der Waals surface area contributed by atoms with E-state index in [1.54, 1.807) is 29.2 Å². The van der Waals surface area contributed by atoms with Crippen LogP contribution in [0.4, 0.5) is 0 Å². The number of rotatable bonds is 10. The van der Waals surface area contributed by atoms with Gasteiger partial charge in [0.25, 0.3) is 5.91 Å². The van der Waals surface area contributed by atoms with Crippen LogP contribution in [0.2, 0.25) is 0 Å². The van der Waals surface area contributed by atoms with Crippen molar-refractivity contribution in [3.05, 3.63) is 126 Å². The maximum atomic E-state index is 14.0. The van der Waals surface area contributed by atoms with Crippen molar-refractivity contribution >= 4 is 40.4 Å². The van der Waals surface area contributed by atoms with Crippen LogP contribution in [-0.4, -0.2) is 85.7 Å². The van der Waals surface area contributed by atoms with E-state index in [1.165, 1.54) is 29.5 Å². The number of aromatic carboxylic acids is 1. The smallest absolute Gasteiger partial charge is 0.338 e. The molecule has 0 spiro atoms. The topological polar surface area (TPSA) is 139 Å². The van der Waals surface area contributed by atoms with Gasteiger partial charge in [-0.15, -0.1) is 11.8 Å². The second-order valence-corrected chi connectivity index (χ2v) is 12.0. The molecule has 3 heterocycles. The maximum Gasteiger partial charge on any atom is 0.338 e. The van der Waals surface area contributed by atoms with Crippen molar-refractivity contribution in [1.82, 2.24) is 25.1 Å². The lowest BCUT2D eigenvalue weighted by Gasteiger charge is -2.40. The number of piperazine rings is 1. The van der Waals surface area contributed by atoms with E-state index in [4.69, 9.17) is 0 Å². The fraction of sp³-hybridized carbons (Fsp3) is 0.200. The Bertz CT molecular complexity index is 1800. The number of fused-ring (bicyclic) bond motifs is 1. The standard InChI is InChI=1S/C35H33N5O5S/c41-26-13-14-28-25(20-26)21-29(37-28)32(42)38-30(22-46-33-27(35(44)45)12-7-15-36-33)34(43)40-18-16-39(17-19-40)31(23-8-3-1-4-9-23)24-10-5-2-6-11-24/h1-15,20-21,30-31,37,41H,16-19,22H2,(H,38,42)(H,44,45). The molecule has 11 heteroatoms. The van der Waals surface area contributed by atoms with Crippen LogP contribution in [0, 0.1) is 0 Å². The molecule has 0 saturated carbocycles. The number of carboxylic acids is 1. The quantitative estimate of drug-likeness (QED) is 0.161. The average molecular weight is 636 g/mol. The summed E-state index contributed by atoms with van der Waals surface area (Å²) in [5, 5.41) is 23.3. The van der Waals surface area contributed by atoms with Crippen LogP contribution in [0.1, 0.15) is 38.0 Å². The minimum Gasteiger partial charge on any atom is -0.508 e. The molecular formula is C35H33N5O5S. The van der Waals surface area contributed by atoms with Crippen molar-refractivity contribution in [3.63, 3.8) is 0 Å². The lowest BCUT2D eigenvalue weighted by Crippen LogP contribution is -2.56. The van der Waals surface area contributed by atoms with Crippen LogP contribution in [0.25, 0.3) is 10.9 Å². The minimum absolute atomic E-state index is 0.0296. The molecule has 6 rings (SSSR count). The Morgan fingerprint density at radius 1 is 0.870 bits per heavy atom. The summed E-state index contributed by atoms with van der Waals surface area (Å²) in [6.45, 7) is 2.18. The van der Waals surface area contributed by atoms with E-state index in [9.17, 15) is 24.6 Å². The first kappa shape index (κ1) is 30.9. The van der Waals surface area contributed by atoms with Gasteiger partial charge in [0.1, 0.15) is 22.5 Å². The summed E-state index contributed by atoms with van der Waals surface area (Å²) in [7, 11) is 0. The molecule has 0 radical (unpaired) electrons. The summed E-state index contributed by atoms with van der Waals surface area (Å²) in [6, 6.07) is 29.0. The van der Waals surface area contributed by atoms with Gasteiger partial charge in [0.05, 0.1) is 11.6 Å². The molecule has 5 aromatic rings. The van der Waals surface area contributed by atoms with Crippen LogP contribution in [-0.2, 0) is 4.79 Å². The van der Waals surface area contributed by atoms with Gasteiger partial charge in [-0.25, -0.2) is 9.78 Å². The van der Waals surface area contributed by atoms with E-state index in [2.05, 4.69) is 44.5 Å². The third kappa shape index (κ3) is 6.90. The van der Waals surface area contributed by atoms with Crippen LogP contribution in [0.5, 0.6) is 5.75 Å². The van der Waals surface area contributed by atoms with E-state index >= 15 is 0 Å². The molecule has 3 aromatic carbocycles. The molecule has 1 aliphatic rings. The third-order valence-corrected chi connectivity index (χ3v) is 9.16. The van der Waals surface area contributed by atoms with Crippen molar-refractivity contribution in [2.45, 2.75) is 17.1 Å². The number of carboxylic acid groups (broad SMARTS) is 1. The molecule has 1 atom stereocenters. The molecule has 1 unspecified atom stereocenters. The van der Waals surface area contributed by atoms with Crippen LogP contribution in [0.3, 0.4) is 0 Å². The number of phenolic OH excluding ortho intramolecular Hbond substituents is 1. The number of phenols is 1. The molecule has 10 nitrogen and oxygen atoms in total. The zero-order chi connectivity index (χ0) is 32.0. The molecule has 2 aromatic heterocycles. The highest BCUT2D eigenvalue weighted by Gasteiger charge is 2.32. The van der Waals surface area contributed by atoms with Crippen molar-refractivity contribution in [2.75, 3.05) is 31.9 Å². The van der Waals surface area contributed by atoms with Gasteiger partial charge in [-0.2, -0.15) is 0 Å². The number of carbonyl (C=O) groups excluding carboxylic acids is 2. The van der Waals surface area contributed by atoms with E-state index in [-0.39, 0.29) is 39.7 Å². The number of aromatic amines is 1. The number of nitrogens with one attached hydrogen (secondary N) is 2. The van der Waals surface area contributed by atoms with Crippen LogP contribution >= 0.6 is 11.8 Å². The van der Waals surface area contributed by atoms with Gasteiger partial charge < -0.3 is 25.4 Å². The second-order valence-electron chi connectivity index (χ2n) is 11.0. The Morgan fingerprint density at radius 3 is 2.20 bits per heavy atom. The number of pyridine rings is 1. The number of hydrogen-bond acceptors (Lipinski definition) is 7. The summed E-state index contributed by atoms with van der Waals surface area (Å²) in [5.74, 6) is -1.70. The fourth-order valence-electron chi connectivity index (χ4n) is 5.79. The number of H-pyrrole nitrogens is 1. The van der Waals surface area contributed by atoms with Gasteiger partial charge in [-0.1, -0.05) is 60.7 Å². The molecular weight excluding hydrogens is 602 g/mol. The van der Waals surface area contributed by atoms with E-state index in [0.717, 1.165) is 11.8 Å². The SMILES string of the molecule is O=C(NC(CSc1ncccc1C(=O)O)C(=O)N1CCN(C(c2ccccc2)c2ccccc2)CC1)c1cc2cc(O)ccc2[nH]1. The predicted octanol–water partition coefficient (Wildman–Crippen LogP) is 4.79. The Hall–Kier alpha value is -5.13. The molecule has 4 N–H and O–H groups in total. The first-order chi connectivity index (χ1) is 22.4. The molecule has 1 aliphatic heterocycles. The summed E-state index contributed by atoms with van der Waals surface area (Å²) < 4.78 is 0. The molecule has 46 heavy (non-hydrogen) atoms. The lowest BCUT2D eigenvalue weighted by atomic mass is 9.96. The first-order valence-corrected chi connectivity index (χ1v) is 15.9. The van der Waals surface area contributed by atoms with Crippen molar-refractivity contribution in [2.24, 2.45) is 0 Å². The number of hydrogen-bond donors (Lipinski definition) is 4. The molecule has 1 saturated heterocycles. The van der Waals surface area contributed by atoms with E-state index in [0.29, 0.717) is 37.1 Å². The molecule has 2 amide bonds. The van der Waals surface area contributed by atoms with Gasteiger partial charge in [-0.3, -0.25) is 14.5 Å². The van der Waals surface area contributed by atoms with Crippen molar-refractivity contribution in [3.8, 4) is 5.75 Å². The summed E-state index contributed by atoms with van der Waals surface area (Å²) in [4.78, 5) is 50.6. The predicted molar refractivity (Wildman–Crippen MR) is 176 cm³/mol. The third-order valence-electron chi connectivity index (χ3n) is 8.06. The Kier molecular flexibility index (Phi) is 9.32. The summed E-state index contributed by atoms with van der Waals surface area (Å²) in [5.41, 5.74) is 3.28. The second kappa shape index (κ2) is 13.9. The van der Waals surface area contributed by atoms with Gasteiger partial charge in [-0.05, 0) is 47.5 Å². The number of aromatic nitrogens is 2. The molecule has 0 bridgehead atoms. The highest BCUT2D eigenvalue weighted by Crippen LogP contribution is 2.30. The average Bonchev–Trinajstić information content (AvgIpc) is 3.51. The zero-order valence-corrected chi connectivity index (χ0v) is 25.7. The fourth-order valence-corrected chi connectivity index (χ4v) is 6.79. The van der Waals surface area contributed by atoms with E-state index in [1.807, 2.05) is 36.4 Å². The van der Waals surface area contributed by atoms with Crippen LogP contribution in [0.15, 0.2) is 108 Å².